The number of amides is 2. The van der Waals surface area contributed by atoms with Gasteiger partial charge < -0.3 is 15.5 Å². The lowest BCUT2D eigenvalue weighted by Gasteiger charge is -2.13. The number of carbonyl (C=O) groups is 2. The molecule has 2 amide bonds. The predicted octanol–water partition coefficient (Wildman–Crippen LogP) is 4.26. The number of nitrogens with one attached hydrogen (secondary N) is 3. The van der Waals surface area contributed by atoms with Crippen LogP contribution in [0.2, 0.25) is 5.02 Å². The summed E-state index contributed by atoms with van der Waals surface area (Å²) in [4.78, 5) is 24.0. The second kappa shape index (κ2) is 10.1. The Kier molecular flexibility index (Phi) is 7.90. The molecule has 0 fully saturated rings. The lowest BCUT2D eigenvalue weighted by atomic mass is 10.2. The minimum atomic E-state index is -0.400. The van der Waals surface area contributed by atoms with E-state index in [1.165, 1.54) is 0 Å². The molecule has 0 radical (unpaired) electrons. The number of carbonyl (C=O) groups excluding carboxylic acids is 2. The maximum absolute atomic E-state index is 12.1. The third-order valence-corrected chi connectivity index (χ3v) is 4.52. The van der Waals surface area contributed by atoms with E-state index in [4.69, 9.17) is 16.3 Å². The molecule has 0 saturated carbocycles. The van der Waals surface area contributed by atoms with Crippen molar-refractivity contribution in [2.75, 3.05) is 11.9 Å². The van der Waals surface area contributed by atoms with Gasteiger partial charge in [0.2, 0.25) is 5.91 Å². The SMILES string of the molecule is C=C(CC(=O)Nc1ccc(Cl)cc1C)NNC(=O)COc1ccc(C)cc1Br. The minimum absolute atomic E-state index is 0.00723. The maximum atomic E-state index is 12.1. The Hall–Kier alpha value is -2.51. The highest BCUT2D eigenvalue weighted by Gasteiger charge is 2.09. The number of ether oxygens (including phenoxy) is 1. The second-order valence-corrected chi connectivity index (χ2v) is 7.47. The van der Waals surface area contributed by atoms with Crippen molar-refractivity contribution in [2.45, 2.75) is 20.3 Å². The Morgan fingerprint density at radius 1 is 1.11 bits per heavy atom. The first-order valence-corrected chi connectivity index (χ1v) is 9.59. The molecule has 0 unspecified atom stereocenters. The first-order valence-electron chi connectivity index (χ1n) is 8.42. The number of halogens is 2. The van der Waals surface area contributed by atoms with Crippen molar-refractivity contribution in [2.24, 2.45) is 0 Å². The maximum Gasteiger partial charge on any atom is 0.276 e. The summed E-state index contributed by atoms with van der Waals surface area (Å²) in [5, 5.41) is 3.37. The van der Waals surface area contributed by atoms with E-state index in [9.17, 15) is 9.59 Å². The fraction of sp³-hybridized carbons (Fsp3) is 0.200. The molecule has 0 bridgehead atoms. The molecule has 8 heteroatoms. The van der Waals surface area contributed by atoms with E-state index < -0.39 is 5.91 Å². The van der Waals surface area contributed by atoms with Crippen LogP contribution in [0.15, 0.2) is 53.1 Å². The topological polar surface area (TPSA) is 79.5 Å². The number of aryl methyl sites for hydroxylation is 2. The van der Waals surface area contributed by atoms with Crippen molar-refractivity contribution in [3.8, 4) is 5.75 Å². The molecule has 2 aromatic carbocycles. The van der Waals surface area contributed by atoms with Gasteiger partial charge in [-0.05, 0) is 71.2 Å². The van der Waals surface area contributed by atoms with Crippen molar-refractivity contribution >= 4 is 45.0 Å². The summed E-state index contributed by atoms with van der Waals surface area (Å²) >= 11 is 9.28. The average molecular weight is 467 g/mol. The standard InChI is InChI=1S/C20H21BrClN3O3/c1-12-4-7-18(16(21)8-12)28-11-20(27)25-24-14(3)10-19(26)23-17-6-5-15(22)9-13(17)2/h4-9,24H,3,10-11H2,1-2H3,(H,23,26)(H,25,27). The van der Waals surface area contributed by atoms with Gasteiger partial charge in [-0.2, -0.15) is 0 Å². The van der Waals surface area contributed by atoms with E-state index in [1.54, 1.807) is 24.3 Å². The van der Waals surface area contributed by atoms with Crippen LogP contribution in [0.5, 0.6) is 5.75 Å². The van der Waals surface area contributed by atoms with E-state index in [0.29, 0.717) is 22.2 Å². The zero-order chi connectivity index (χ0) is 20.7. The molecule has 0 atom stereocenters. The number of hydrazine groups is 1. The first-order chi connectivity index (χ1) is 13.2. The van der Waals surface area contributed by atoms with Crippen molar-refractivity contribution < 1.29 is 14.3 Å². The third kappa shape index (κ3) is 6.90. The number of hydrogen-bond donors (Lipinski definition) is 3. The van der Waals surface area contributed by atoms with Gasteiger partial charge in [0.15, 0.2) is 6.61 Å². The van der Waals surface area contributed by atoms with E-state index >= 15 is 0 Å². The van der Waals surface area contributed by atoms with Crippen LogP contribution in [0.4, 0.5) is 5.69 Å². The normalized spacial score (nSPS) is 10.1. The summed E-state index contributed by atoms with van der Waals surface area (Å²) in [6, 6.07) is 10.8. The summed E-state index contributed by atoms with van der Waals surface area (Å²) in [7, 11) is 0. The van der Waals surface area contributed by atoms with E-state index in [0.717, 1.165) is 15.6 Å². The van der Waals surface area contributed by atoms with Crippen LogP contribution in [0.25, 0.3) is 0 Å². The Balaban J connectivity index is 1.73. The molecular formula is C20H21BrClN3O3. The van der Waals surface area contributed by atoms with E-state index in [2.05, 4.69) is 38.7 Å². The minimum Gasteiger partial charge on any atom is -0.483 e. The van der Waals surface area contributed by atoms with Crippen LogP contribution in [0, 0.1) is 13.8 Å². The molecular weight excluding hydrogens is 446 g/mol. The van der Waals surface area contributed by atoms with Crippen LogP contribution in [0.1, 0.15) is 17.5 Å². The predicted molar refractivity (Wildman–Crippen MR) is 114 cm³/mol. The van der Waals surface area contributed by atoms with Gasteiger partial charge in [0.05, 0.1) is 10.9 Å². The summed E-state index contributed by atoms with van der Waals surface area (Å²) in [6.45, 7) is 7.36. The number of benzene rings is 2. The number of hydrogen-bond acceptors (Lipinski definition) is 4. The first kappa shape index (κ1) is 21.8. The van der Waals surface area contributed by atoms with Gasteiger partial charge in [0, 0.05) is 16.4 Å². The van der Waals surface area contributed by atoms with Crippen molar-refractivity contribution in [1.82, 2.24) is 10.9 Å². The molecule has 28 heavy (non-hydrogen) atoms. The number of anilines is 1. The molecule has 0 aliphatic carbocycles. The van der Waals surface area contributed by atoms with Gasteiger partial charge in [0.1, 0.15) is 5.75 Å². The van der Waals surface area contributed by atoms with E-state index in [-0.39, 0.29) is 18.9 Å². The largest absolute Gasteiger partial charge is 0.483 e. The Morgan fingerprint density at radius 3 is 2.54 bits per heavy atom. The van der Waals surface area contributed by atoms with Gasteiger partial charge in [-0.25, -0.2) is 0 Å². The molecule has 2 rings (SSSR count). The Bertz CT molecular complexity index is 902. The highest BCUT2D eigenvalue weighted by Crippen LogP contribution is 2.25. The van der Waals surface area contributed by atoms with E-state index in [1.807, 2.05) is 26.0 Å². The van der Waals surface area contributed by atoms with Gasteiger partial charge >= 0.3 is 0 Å². The summed E-state index contributed by atoms with van der Waals surface area (Å²) in [6.07, 6.45) is -0.00723. The van der Waals surface area contributed by atoms with Crippen LogP contribution in [0.3, 0.4) is 0 Å². The highest BCUT2D eigenvalue weighted by molar-refractivity contribution is 9.10. The van der Waals surface area contributed by atoms with Gasteiger partial charge in [-0.3, -0.25) is 15.0 Å². The molecule has 148 valence electrons. The fourth-order valence-corrected chi connectivity index (χ4v) is 3.09. The molecule has 3 N–H and O–H groups in total. The molecule has 0 heterocycles. The summed E-state index contributed by atoms with van der Waals surface area (Å²) in [5.74, 6) is -0.100. The van der Waals surface area contributed by atoms with Crippen LogP contribution in [-0.2, 0) is 9.59 Å². The van der Waals surface area contributed by atoms with Gasteiger partial charge in [-0.1, -0.05) is 24.2 Å². The summed E-state index contributed by atoms with van der Waals surface area (Å²) < 4.78 is 6.22. The Morgan fingerprint density at radius 2 is 1.86 bits per heavy atom. The zero-order valence-corrected chi connectivity index (χ0v) is 17.9. The van der Waals surface area contributed by atoms with Crippen LogP contribution < -0.4 is 20.9 Å². The smallest absolute Gasteiger partial charge is 0.276 e. The lowest BCUT2D eigenvalue weighted by molar-refractivity contribution is -0.124. The third-order valence-electron chi connectivity index (χ3n) is 3.66. The molecule has 0 spiro atoms. The van der Waals surface area contributed by atoms with Gasteiger partial charge in [0.25, 0.3) is 5.91 Å². The highest BCUT2D eigenvalue weighted by atomic mass is 79.9. The second-order valence-electron chi connectivity index (χ2n) is 6.18. The molecule has 0 aliphatic heterocycles. The molecule has 0 saturated heterocycles. The Labute approximate surface area is 177 Å². The number of rotatable bonds is 8. The average Bonchev–Trinajstić information content (AvgIpc) is 2.61. The lowest BCUT2D eigenvalue weighted by Crippen LogP contribution is -2.40. The molecule has 2 aromatic rings. The molecule has 6 nitrogen and oxygen atoms in total. The van der Waals surface area contributed by atoms with Crippen molar-refractivity contribution in [3.63, 3.8) is 0 Å². The van der Waals surface area contributed by atoms with Crippen LogP contribution in [-0.4, -0.2) is 18.4 Å². The fourth-order valence-electron chi connectivity index (χ4n) is 2.26. The zero-order valence-electron chi connectivity index (χ0n) is 15.6. The molecule has 0 aliphatic rings. The monoisotopic (exact) mass is 465 g/mol. The van der Waals surface area contributed by atoms with Crippen molar-refractivity contribution in [3.05, 3.63) is 69.3 Å². The van der Waals surface area contributed by atoms with Crippen molar-refractivity contribution in [1.29, 1.82) is 0 Å². The summed E-state index contributed by atoms with van der Waals surface area (Å²) in [5.41, 5.74) is 8.00. The van der Waals surface area contributed by atoms with Gasteiger partial charge in [-0.15, -0.1) is 0 Å². The quantitative estimate of drug-likeness (QED) is 0.508. The molecule has 0 aromatic heterocycles. The van der Waals surface area contributed by atoms with Crippen LogP contribution >= 0.6 is 27.5 Å².